The maximum absolute atomic E-state index is 12.5. The second-order valence-corrected chi connectivity index (χ2v) is 8.06. The van der Waals surface area contributed by atoms with Crippen LogP contribution in [0.1, 0.15) is 70.8 Å². The molecule has 0 unspecified atom stereocenters. The van der Waals surface area contributed by atoms with Crippen LogP contribution in [0.4, 0.5) is 0 Å². The van der Waals surface area contributed by atoms with Crippen molar-refractivity contribution in [2.24, 2.45) is 11.8 Å². The van der Waals surface area contributed by atoms with Gasteiger partial charge in [0, 0.05) is 11.8 Å². The normalized spacial score (nSPS) is 19.4. The van der Waals surface area contributed by atoms with Crippen LogP contribution in [0.3, 0.4) is 0 Å². The Hall–Kier alpha value is -2.16. The smallest absolute Gasteiger partial charge is 0.314 e. The van der Waals surface area contributed by atoms with Gasteiger partial charge in [0.15, 0.2) is 0 Å². The molecule has 28 heavy (non-hydrogen) atoms. The average Bonchev–Trinajstić information content (AvgIpc) is 2.75. The van der Waals surface area contributed by atoms with E-state index >= 15 is 0 Å². The van der Waals surface area contributed by atoms with Crippen molar-refractivity contribution in [3.63, 3.8) is 0 Å². The number of aromatic nitrogens is 1. The summed E-state index contributed by atoms with van der Waals surface area (Å²) in [5.41, 5.74) is 3.21. The molecule has 0 spiro atoms. The number of aryl methyl sites for hydroxylation is 1. The molecule has 0 amide bonds. The van der Waals surface area contributed by atoms with E-state index in [-0.39, 0.29) is 11.9 Å². The fourth-order valence-corrected chi connectivity index (χ4v) is 4.07. The fraction of sp³-hybridized carbons (Fsp3) is 0.520. The molecule has 1 saturated carbocycles. The number of carbonyl (C=O) groups excluding carboxylic acids is 1. The molecule has 0 saturated heterocycles. The van der Waals surface area contributed by atoms with Gasteiger partial charge in [-0.25, -0.2) is 0 Å². The fourth-order valence-electron chi connectivity index (χ4n) is 4.07. The van der Waals surface area contributed by atoms with Gasteiger partial charge >= 0.3 is 5.97 Å². The minimum absolute atomic E-state index is 0.0605. The lowest BCUT2D eigenvalue weighted by atomic mass is 9.80. The Balaban J connectivity index is 1.49. The Morgan fingerprint density at radius 1 is 1.00 bits per heavy atom. The minimum Gasteiger partial charge on any atom is -0.426 e. The molecule has 1 fully saturated rings. The van der Waals surface area contributed by atoms with Crippen LogP contribution in [0.25, 0.3) is 11.3 Å². The molecule has 1 aromatic heterocycles. The van der Waals surface area contributed by atoms with Crippen LogP contribution in [0.2, 0.25) is 0 Å². The van der Waals surface area contributed by atoms with Crippen molar-refractivity contribution in [1.82, 2.24) is 4.98 Å². The predicted octanol–water partition coefficient (Wildman–Crippen LogP) is 6.60. The van der Waals surface area contributed by atoms with E-state index in [0.29, 0.717) is 5.75 Å². The average molecular weight is 380 g/mol. The quantitative estimate of drug-likeness (QED) is 0.294. The summed E-state index contributed by atoms with van der Waals surface area (Å²) in [5.74, 6) is 1.43. The molecule has 0 aliphatic heterocycles. The number of unbranched alkanes of at least 4 members (excludes halogenated alkanes) is 2. The zero-order valence-electron chi connectivity index (χ0n) is 17.3. The maximum Gasteiger partial charge on any atom is 0.314 e. The first-order valence-electron chi connectivity index (χ1n) is 11.0. The van der Waals surface area contributed by atoms with Gasteiger partial charge in [-0.15, -0.1) is 0 Å². The van der Waals surface area contributed by atoms with Crippen LogP contribution in [0.5, 0.6) is 5.75 Å². The summed E-state index contributed by atoms with van der Waals surface area (Å²) in [6.07, 6.45) is 12.5. The Morgan fingerprint density at radius 2 is 1.75 bits per heavy atom. The van der Waals surface area contributed by atoms with Crippen molar-refractivity contribution in [3.8, 4) is 17.0 Å². The maximum atomic E-state index is 12.5. The first kappa shape index (κ1) is 20.6. The number of hydrogen-bond donors (Lipinski definition) is 0. The summed E-state index contributed by atoms with van der Waals surface area (Å²) < 4.78 is 5.66. The lowest BCUT2D eigenvalue weighted by molar-refractivity contribution is -0.140. The van der Waals surface area contributed by atoms with E-state index < -0.39 is 0 Å². The number of rotatable bonds is 8. The van der Waals surface area contributed by atoms with Crippen LogP contribution < -0.4 is 4.74 Å². The summed E-state index contributed by atoms with van der Waals surface area (Å²) in [4.78, 5) is 17.0. The first-order valence-corrected chi connectivity index (χ1v) is 11.0. The van der Waals surface area contributed by atoms with Gasteiger partial charge in [0.25, 0.3) is 0 Å². The summed E-state index contributed by atoms with van der Waals surface area (Å²) in [6.45, 7) is 4.37. The highest BCUT2D eigenvalue weighted by atomic mass is 16.5. The zero-order valence-corrected chi connectivity index (χ0v) is 17.3. The standard InChI is InChI=1S/C25H33NO2/c1-3-5-6-7-20-8-11-22(12-9-20)25(27)28-23-15-13-21(14-16-23)24-17-10-19(4-2)18-26-24/h10,13-18,20,22H,3-9,11-12H2,1-2H3/t20-,22-. The third-order valence-corrected chi connectivity index (χ3v) is 6.00. The SMILES string of the molecule is CCCCC[C@H]1CC[C@H](C(=O)Oc2ccc(-c3ccc(CC)cn3)cc2)CC1. The summed E-state index contributed by atoms with van der Waals surface area (Å²) >= 11 is 0. The van der Waals surface area contributed by atoms with Gasteiger partial charge in [0.1, 0.15) is 5.75 Å². The van der Waals surface area contributed by atoms with Gasteiger partial charge in [-0.1, -0.05) is 45.6 Å². The van der Waals surface area contributed by atoms with Crippen LogP contribution in [0.15, 0.2) is 42.6 Å². The predicted molar refractivity (Wildman–Crippen MR) is 114 cm³/mol. The molecule has 1 aliphatic carbocycles. The number of hydrogen-bond acceptors (Lipinski definition) is 3. The molecule has 150 valence electrons. The lowest BCUT2D eigenvalue weighted by Gasteiger charge is -2.27. The van der Waals surface area contributed by atoms with Crippen molar-refractivity contribution in [3.05, 3.63) is 48.2 Å². The Kier molecular flexibility index (Phi) is 7.64. The summed E-state index contributed by atoms with van der Waals surface area (Å²) in [6, 6.07) is 11.8. The van der Waals surface area contributed by atoms with Crippen LogP contribution in [-0.2, 0) is 11.2 Å². The first-order chi connectivity index (χ1) is 13.7. The molecule has 1 aliphatic rings. The highest BCUT2D eigenvalue weighted by Crippen LogP contribution is 2.33. The van der Waals surface area contributed by atoms with E-state index in [1.165, 1.54) is 44.1 Å². The number of carbonyl (C=O) groups is 1. The number of esters is 1. The molecule has 0 bridgehead atoms. The molecule has 3 nitrogen and oxygen atoms in total. The zero-order chi connectivity index (χ0) is 19.8. The molecular weight excluding hydrogens is 346 g/mol. The van der Waals surface area contributed by atoms with E-state index in [1.54, 1.807) is 0 Å². The number of ether oxygens (including phenoxy) is 1. The van der Waals surface area contributed by atoms with Crippen LogP contribution in [-0.4, -0.2) is 11.0 Å². The lowest BCUT2D eigenvalue weighted by Crippen LogP contribution is -2.25. The second kappa shape index (κ2) is 10.4. The summed E-state index contributed by atoms with van der Waals surface area (Å²) in [5, 5.41) is 0. The van der Waals surface area contributed by atoms with Crippen molar-refractivity contribution in [2.75, 3.05) is 0 Å². The minimum atomic E-state index is -0.0646. The molecule has 2 aromatic rings. The molecule has 0 atom stereocenters. The number of pyridine rings is 1. The largest absolute Gasteiger partial charge is 0.426 e. The van der Waals surface area contributed by atoms with Crippen molar-refractivity contribution in [1.29, 1.82) is 0 Å². The highest BCUT2D eigenvalue weighted by Gasteiger charge is 2.27. The third kappa shape index (κ3) is 5.67. The van der Waals surface area contributed by atoms with Crippen LogP contribution >= 0.6 is 0 Å². The van der Waals surface area contributed by atoms with Crippen molar-refractivity contribution >= 4 is 5.97 Å². The molecule has 3 rings (SSSR count). The van der Waals surface area contributed by atoms with Gasteiger partial charge in [-0.05, 0) is 73.9 Å². The number of nitrogens with zero attached hydrogens (tertiary/aromatic N) is 1. The van der Waals surface area contributed by atoms with E-state index in [1.807, 2.05) is 36.5 Å². The van der Waals surface area contributed by atoms with Gasteiger partial charge in [-0.3, -0.25) is 9.78 Å². The van der Waals surface area contributed by atoms with Gasteiger partial charge < -0.3 is 4.74 Å². The van der Waals surface area contributed by atoms with Crippen molar-refractivity contribution < 1.29 is 9.53 Å². The van der Waals surface area contributed by atoms with Crippen LogP contribution in [0, 0.1) is 11.8 Å². The van der Waals surface area contributed by atoms with Gasteiger partial charge in [0.05, 0.1) is 11.6 Å². The van der Waals surface area contributed by atoms with Gasteiger partial charge in [-0.2, -0.15) is 0 Å². The van der Waals surface area contributed by atoms with Gasteiger partial charge in [0.2, 0.25) is 0 Å². The molecule has 0 radical (unpaired) electrons. The van der Waals surface area contributed by atoms with Crippen molar-refractivity contribution in [2.45, 2.75) is 71.6 Å². The monoisotopic (exact) mass is 379 g/mol. The Labute approximate surface area is 169 Å². The van der Waals surface area contributed by atoms with E-state index in [2.05, 4.69) is 24.9 Å². The molecule has 0 N–H and O–H groups in total. The summed E-state index contributed by atoms with van der Waals surface area (Å²) in [7, 11) is 0. The number of benzene rings is 1. The van der Waals surface area contributed by atoms with E-state index in [4.69, 9.17) is 4.74 Å². The molecule has 1 aromatic carbocycles. The molecule has 1 heterocycles. The Bertz CT molecular complexity index is 728. The third-order valence-electron chi connectivity index (χ3n) is 6.00. The second-order valence-electron chi connectivity index (χ2n) is 8.06. The topological polar surface area (TPSA) is 39.2 Å². The highest BCUT2D eigenvalue weighted by molar-refractivity contribution is 5.75. The molecule has 3 heteroatoms. The van der Waals surface area contributed by atoms with E-state index in [0.717, 1.165) is 36.4 Å². The Morgan fingerprint density at radius 3 is 2.36 bits per heavy atom. The molecular formula is C25H33NO2. The van der Waals surface area contributed by atoms with E-state index in [9.17, 15) is 4.79 Å².